The number of benzene rings is 1. The van der Waals surface area contributed by atoms with Crippen molar-refractivity contribution in [3.05, 3.63) is 58.1 Å². The Morgan fingerprint density at radius 1 is 1.25 bits per heavy atom. The van der Waals surface area contributed by atoms with Crippen molar-refractivity contribution in [2.75, 3.05) is 6.54 Å². The van der Waals surface area contributed by atoms with Gasteiger partial charge < -0.3 is 5.32 Å². The normalized spacial score (nSPS) is 12.3. The van der Waals surface area contributed by atoms with Gasteiger partial charge in [0.05, 0.1) is 23.6 Å². The van der Waals surface area contributed by atoms with E-state index in [0.717, 1.165) is 35.2 Å². The number of hydrogen-bond acceptors (Lipinski definition) is 3. The highest BCUT2D eigenvalue weighted by molar-refractivity contribution is 9.10. The van der Waals surface area contributed by atoms with Crippen molar-refractivity contribution in [1.29, 1.82) is 0 Å². The number of hydrogen-bond donors (Lipinski definition) is 1. The molecule has 0 fully saturated rings. The smallest absolute Gasteiger partial charge is 0.0759 e. The summed E-state index contributed by atoms with van der Waals surface area (Å²) in [7, 11) is 0. The van der Waals surface area contributed by atoms with Crippen LogP contribution in [0.3, 0.4) is 0 Å². The lowest BCUT2D eigenvalue weighted by Crippen LogP contribution is -2.25. The van der Waals surface area contributed by atoms with Crippen molar-refractivity contribution in [3.8, 4) is 0 Å². The topological polar surface area (TPSA) is 37.8 Å². The summed E-state index contributed by atoms with van der Waals surface area (Å²) in [5.74, 6) is 0. The van der Waals surface area contributed by atoms with Crippen LogP contribution in [0.2, 0.25) is 0 Å². The fourth-order valence-corrected chi connectivity index (χ4v) is 2.53. The molecule has 0 spiro atoms. The second-order valence-electron chi connectivity index (χ2n) is 4.92. The summed E-state index contributed by atoms with van der Waals surface area (Å²) in [6, 6.07) is 8.62. The van der Waals surface area contributed by atoms with Crippen molar-refractivity contribution in [3.63, 3.8) is 0 Å². The second kappa shape index (κ2) is 7.50. The Morgan fingerprint density at radius 3 is 2.75 bits per heavy atom. The zero-order valence-corrected chi connectivity index (χ0v) is 13.5. The van der Waals surface area contributed by atoms with Crippen LogP contribution in [-0.2, 0) is 6.42 Å². The van der Waals surface area contributed by atoms with E-state index >= 15 is 0 Å². The molecule has 0 bridgehead atoms. The minimum atomic E-state index is 0.206. The Kier molecular flexibility index (Phi) is 5.68. The Labute approximate surface area is 129 Å². The first-order chi connectivity index (χ1) is 9.69. The Morgan fingerprint density at radius 2 is 2.10 bits per heavy atom. The quantitative estimate of drug-likeness (QED) is 0.872. The van der Waals surface area contributed by atoms with Gasteiger partial charge in [-0.25, -0.2) is 0 Å². The fourth-order valence-electron chi connectivity index (χ4n) is 2.08. The SMILES string of the molecule is CCCNC(Cc1cccc(Br)c1)c1cnc(C)cn1. The molecule has 0 aliphatic heterocycles. The van der Waals surface area contributed by atoms with Gasteiger partial charge in [0.15, 0.2) is 0 Å². The van der Waals surface area contributed by atoms with Crippen LogP contribution in [0.4, 0.5) is 0 Å². The van der Waals surface area contributed by atoms with Gasteiger partial charge in [-0.3, -0.25) is 9.97 Å². The molecule has 1 heterocycles. The minimum absolute atomic E-state index is 0.206. The van der Waals surface area contributed by atoms with E-state index in [9.17, 15) is 0 Å². The first-order valence-corrected chi connectivity index (χ1v) is 7.74. The van der Waals surface area contributed by atoms with Crippen molar-refractivity contribution >= 4 is 15.9 Å². The molecule has 1 aromatic heterocycles. The zero-order chi connectivity index (χ0) is 14.4. The monoisotopic (exact) mass is 333 g/mol. The fraction of sp³-hybridized carbons (Fsp3) is 0.375. The average molecular weight is 334 g/mol. The van der Waals surface area contributed by atoms with Crippen molar-refractivity contribution in [2.24, 2.45) is 0 Å². The molecule has 20 heavy (non-hydrogen) atoms. The molecule has 2 rings (SSSR count). The summed E-state index contributed by atoms with van der Waals surface area (Å²) in [6.07, 6.45) is 5.73. The first-order valence-electron chi connectivity index (χ1n) is 6.95. The van der Waals surface area contributed by atoms with Crippen LogP contribution in [0.5, 0.6) is 0 Å². The molecule has 1 unspecified atom stereocenters. The van der Waals surface area contributed by atoms with Crippen molar-refractivity contribution in [2.45, 2.75) is 32.7 Å². The molecule has 0 aliphatic rings. The lowest BCUT2D eigenvalue weighted by Gasteiger charge is -2.18. The van der Waals surface area contributed by atoms with Gasteiger partial charge >= 0.3 is 0 Å². The van der Waals surface area contributed by atoms with Gasteiger partial charge in [0, 0.05) is 10.7 Å². The molecular formula is C16H20BrN3. The molecular weight excluding hydrogens is 314 g/mol. The molecule has 1 N–H and O–H groups in total. The van der Waals surface area contributed by atoms with Crippen LogP contribution in [0.1, 0.15) is 36.3 Å². The average Bonchev–Trinajstić information content (AvgIpc) is 2.44. The largest absolute Gasteiger partial charge is 0.308 e. The van der Waals surface area contributed by atoms with Gasteiger partial charge in [0.2, 0.25) is 0 Å². The van der Waals surface area contributed by atoms with Gasteiger partial charge in [-0.15, -0.1) is 0 Å². The van der Waals surface area contributed by atoms with Crippen LogP contribution in [-0.4, -0.2) is 16.5 Å². The van der Waals surface area contributed by atoms with Crippen LogP contribution in [0.15, 0.2) is 41.1 Å². The maximum absolute atomic E-state index is 4.51. The van der Waals surface area contributed by atoms with E-state index in [1.165, 1.54) is 5.56 Å². The molecule has 2 aromatic rings. The van der Waals surface area contributed by atoms with E-state index in [1.54, 1.807) is 0 Å². The molecule has 0 saturated heterocycles. The Hall–Kier alpha value is -1.26. The molecule has 106 valence electrons. The van der Waals surface area contributed by atoms with Crippen molar-refractivity contribution in [1.82, 2.24) is 15.3 Å². The summed E-state index contributed by atoms with van der Waals surface area (Å²) >= 11 is 3.52. The number of nitrogens with zero attached hydrogens (tertiary/aromatic N) is 2. The van der Waals surface area contributed by atoms with E-state index in [4.69, 9.17) is 0 Å². The Bertz CT molecular complexity index is 540. The molecule has 0 saturated carbocycles. The van der Waals surface area contributed by atoms with Gasteiger partial charge in [-0.2, -0.15) is 0 Å². The third-order valence-electron chi connectivity index (χ3n) is 3.13. The van der Waals surface area contributed by atoms with Gasteiger partial charge in [-0.05, 0) is 44.0 Å². The maximum atomic E-state index is 4.51. The molecule has 0 amide bonds. The number of rotatable bonds is 6. The number of aryl methyl sites for hydroxylation is 1. The summed E-state index contributed by atoms with van der Waals surface area (Å²) in [5, 5.41) is 3.56. The summed E-state index contributed by atoms with van der Waals surface area (Å²) < 4.78 is 1.11. The summed E-state index contributed by atoms with van der Waals surface area (Å²) in [4.78, 5) is 8.87. The molecule has 3 nitrogen and oxygen atoms in total. The van der Waals surface area contributed by atoms with Gasteiger partial charge in [-0.1, -0.05) is 35.0 Å². The van der Waals surface area contributed by atoms with Crippen LogP contribution < -0.4 is 5.32 Å². The predicted molar refractivity (Wildman–Crippen MR) is 85.6 cm³/mol. The van der Waals surface area contributed by atoms with E-state index in [1.807, 2.05) is 25.4 Å². The van der Waals surface area contributed by atoms with Crippen LogP contribution in [0, 0.1) is 6.92 Å². The second-order valence-corrected chi connectivity index (χ2v) is 5.84. The van der Waals surface area contributed by atoms with E-state index in [-0.39, 0.29) is 6.04 Å². The van der Waals surface area contributed by atoms with Crippen molar-refractivity contribution < 1.29 is 0 Å². The molecule has 0 radical (unpaired) electrons. The highest BCUT2D eigenvalue weighted by atomic mass is 79.9. The lowest BCUT2D eigenvalue weighted by atomic mass is 10.0. The van der Waals surface area contributed by atoms with Gasteiger partial charge in [0.25, 0.3) is 0 Å². The highest BCUT2D eigenvalue weighted by Gasteiger charge is 2.13. The standard InChI is InChI=1S/C16H20BrN3/c1-3-7-18-15(16-11-19-12(2)10-20-16)9-13-5-4-6-14(17)8-13/h4-6,8,10-11,15,18H,3,7,9H2,1-2H3. The maximum Gasteiger partial charge on any atom is 0.0759 e. The van der Waals surface area contributed by atoms with Crippen LogP contribution in [0.25, 0.3) is 0 Å². The molecule has 4 heteroatoms. The molecule has 1 atom stereocenters. The zero-order valence-electron chi connectivity index (χ0n) is 11.9. The number of nitrogens with one attached hydrogen (secondary N) is 1. The van der Waals surface area contributed by atoms with Crippen LogP contribution >= 0.6 is 15.9 Å². The third kappa shape index (κ3) is 4.39. The number of aromatic nitrogens is 2. The minimum Gasteiger partial charge on any atom is -0.308 e. The molecule has 0 aliphatic carbocycles. The highest BCUT2D eigenvalue weighted by Crippen LogP contribution is 2.19. The first kappa shape index (κ1) is 15.1. The van der Waals surface area contributed by atoms with Gasteiger partial charge in [0.1, 0.15) is 0 Å². The van der Waals surface area contributed by atoms with E-state index < -0.39 is 0 Å². The Balaban J connectivity index is 2.16. The predicted octanol–water partition coefficient (Wildman–Crippen LogP) is 3.83. The van der Waals surface area contributed by atoms with E-state index in [2.05, 4.69) is 56.3 Å². The lowest BCUT2D eigenvalue weighted by molar-refractivity contribution is 0.515. The summed E-state index contributed by atoms with van der Waals surface area (Å²) in [5.41, 5.74) is 3.24. The molecule has 1 aromatic carbocycles. The summed E-state index contributed by atoms with van der Waals surface area (Å²) in [6.45, 7) is 5.11. The van der Waals surface area contributed by atoms with E-state index in [0.29, 0.717) is 0 Å². The third-order valence-corrected chi connectivity index (χ3v) is 3.62. The number of halogens is 1.